The van der Waals surface area contributed by atoms with E-state index in [-0.39, 0.29) is 5.41 Å². The molecule has 3 nitrogen and oxygen atoms in total. The summed E-state index contributed by atoms with van der Waals surface area (Å²) in [5, 5.41) is 8.36. The Morgan fingerprint density at radius 2 is 1.93 bits per heavy atom. The lowest BCUT2D eigenvalue weighted by Gasteiger charge is -2.18. The highest BCUT2D eigenvalue weighted by molar-refractivity contribution is 5.30. The molecular weight excluding hydrogens is 176 g/mol. The highest BCUT2D eigenvalue weighted by atomic mass is 16.5. The van der Waals surface area contributed by atoms with Crippen molar-refractivity contribution in [2.24, 2.45) is 0 Å². The molecule has 0 aliphatic carbocycles. The number of rotatable bonds is 2. The lowest BCUT2D eigenvalue weighted by molar-refractivity contribution is 0.401. The molecular formula is C11H18N2O. The molecule has 0 amide bonds. The molecule has 0 saturated carbocycles. The molecule has 0 aliphatic rings. The number of aryl methyl sites for hydroxylation is 1. The molecule has 0 aromatic carbocycles. The Labute approximate surface area is 85.5 Å². The van der Waals surface area contributed by atoms with Gasteiger partial charge in [-0.15, -0.1) is 0 Å². The fourth-order valence-corrected chi connectivity index (χ4v) is 1.19. The monoisotopic (exact) mass is 194 g/mol. The Hall–Kier alpha value is -1.12. The van der Waals surface area contributed by atoms with E-state index in [2.05, 4.69) is 31.0 Å². The van der Waals surface area contributed by atoms with Crippen LogP contribution < -0.4 is 4.74 Å². The molecule has 1 aromatic rings. The van der Waals surface area contributed by atoms with Crippen molar-refractivity contribution in [3.8, 4) is 5.75 Å². The van der Waals surface area contributed by atoms with Gasteiger partial charge in [0.1, 0.15) is 11.4 Å². The molecule has 3 heteroatoms. The maximum atomic E-state index is 5.27. The fourth-order valence-electron chi connectivity index (χ4n) is 1.19. The SMILES string of the molecule is CCc1nnc(C(C)(C)C)cc1OC. The quantitative estimate of drug-likeness (QED) is 0.724. The third kappa shape index (κ3) is 2.22. The van der Waals surface area contributed by atoms with Crippen LogP contribution in [0.15, 0.2) is 6.07 Å². The van der Waals surface area contributed by atoms with E-state index in [4.69, 9.17) is 4.74 Å². The van der Waals surface area contributed by atoms with Gasteiger partial charge in [-0.2, -0.15) is 10.2 Å². The summed E-state index contributed by atoms with van der Waals surface area (Å²) in [7, 11) is 1.67. The van der Waals surface area contributed by atoms with Crippen LogP contribution in [0.3, 0.4) is 0 Å². The van der Waals surface area contributed by atoms with Gasteiger partial charge in [-0.1, -0.05) is 27.7 Å². The molecule has 0 atom stereocenters. The first-order valence-electron chi connectivity index (χ1n) is 4.90. The molecule has 1 aromatic heterocycles. The Balaban J connectivity index is 3.14. The highest BCUT2D eigenvalue weighted by Crippen LogP contribution is 2.24. The van der Waals surface area contributed by atoms with Crippen LogP contribution in [0.1, 0.15) is 39.1 Å². The standard InChI is InChI=1S/C11H18N2O/c1-6-8-9(14-5)7-10(13-12-8)11(2,3)4/h7H,6H2,1-5H3. The molecule has 0 bridgehead atoms. The topological polar surface area (TPSA) is 35.0 Å². The van der Waals surface area contributed by atoms with Crippen LogP contribution in [0.4, 0.5) is 0 Å². The van der Waals surface area contributed by atoms with Crippen molar-refractivity contribution in [1.29, 1.82) is 0 Å². The average Bonchev–Trinajstić information content (AvgIpc) is 2.15. The molecule has 0 unspecified atom stereocenters. The summed E-state index contributed by atoms with van der Waals surface area (Å²) in [5.74, 6) is 0.840. The summed E-state index contributed by atoms with van der Waals surface area (Å²) < 4.78 is 5.27. The second-order valence-electron chi connectivity index (χ2n) is 4.35. The lowest BCUT2D eigenvalue weighted by atomic mass is 9.92. The number of methoxy groups -OCH3 is 1. The van der Waals surface area contributed by atoms with Gasteiger partial charge >= 0.3 is 0 Å². The van der Waals surface area contributed by atoms with E-state index in [0.717, 1.165) is 23.6 Å². The molecule has 14 heavy (non-hydrogen) atoms. The van der Waals surface area contributed by atoms with Gasteiger partial charge in [0, 0.05) is 11.5 Å². The summed E-state index contributed by atoms with van der Waals surface area (Å²) in [4.78, 5) is 0. The van der Waals surface area contributed by atoms with Crippen molar-refractivity contribution in [3.63, 3.8) is 0 Å². The summed E-state index contributed by atoms with van der Waals surface area (Å²) in [6.45, 7) is 8.38. The number of hydrogen-bond acceptors (Lipinski definition) is 3. The minimum absolute atomic E-state index is 0.0204. The zero-order valence-electron chi connectivity index (χ0n) is 9.59. The van der Waals surface area contributed by atoms with Gasteiger partial charge in [-0.25, -0.2) is 0 Å². The van der Waals surface area contributed by atoms with Crippen LogP contribution in [-0.4, -0.2) is 17.3 Å². The molecule has 0 radical (unpaired) electrons. The first-order valence-corrected chi connectivity index (χ1v) is 4.90. The lowest BCUT2D eigenvalue weighted by Crippen LogP contribution is -2.15. The van der Waals surface area contributed by atoms with Gasteiger partial charge in [0.2, 0.25) is 0 Å². The minimum atomic E-state index is 0.0204. The molecule has 0 aliphatic heterocycles. The Kier molecular flexibility index (Phi) is 3.09. The minimum Gasteiger partial charge on any atom is -0.495 e. The van der Waals surface area contributed by atoms with Crippen LogP contribution in [0.5, 0.6) is 5.75 Å². The summed E-state index contributed by atoms with van der Waals surface area (Å²) in [6, 6.07) is 1.98. The van der Waals surface area contributed by atoms with Crippen molar-refractivity contribution in [3.05, 3.63) is 17.5 Å². The van der Waals surface area contributed by atoms with Crippen molar-refractivity contribution in [2.75, 3.05) is 7.11 Å². The van der Waals surface area contributed by atoms with E-state index < -0.39 is 0 Å². The van der Waals surface area contributed by atoms with E-state index in [1.165, 1.54) is 0 Å². The Morgan fingerprint density at radius 3 is 2.36 bits per heavy atom. The van der Waals surface area contributed by atoms with E-state index in [1.807, 2.05) is 13.0 Å². The number of ether oxygens (including phenoxy) is 1. The van der Waals surface area contributed by atoms with Gasteiger partial charge < -0.3 is 4.74 Å². The molecule has 0 N–H and O–H groups in total. The van der Waals surface area contributed by atoms with Gasteiger partial charge in [0.05, 0.1) is 12.8 Å². The summed E-state index contributed by atoms with van der Waals surface area (Å²) in [6.07, 6.45) is 0.848. The largest absolute Gasteiger partial charge is 0.495 e. The smallest absolute Gasteiger partial charge is 0.144 e. The predicted octanol–water partition coefficient (Wildman–Crippen LogP) is 2.35. The Morgan fingerprint density at radius 1 is 1.29 bits per heavy atom. The number of nitrogens with zero attached hydrogens (tertiary/aromatic N) is 2. The van der Waals surface area contributed by atoms with Crippen LogP contribution in [0.25, 0.3) is 0 Å². The summed E-state index contributed by atoms with van der Waals surface area (Å²) >= 11 is 0. The second-order valence-corrected chi connectivity index (χ2v) is 4.35. The van der Waals surface area contributed by atoms with E-state index in [0.29, 0.717) is 0 Å². The third-order valence-electron chi connectivity index (χ3n) is 2.15. The molecule has 0 spiro atoms. The first-order chi connectivity index (χ1) is 6.49. The predicted molar refractivity (Wildman–Crippen MR) is 56.7 cm³/mol. The first kappa shape index (κ1) is 11.0. The molecule has 0 fully saturated rings. The van der Waals surface area contributed by atoms with Crippen LogP contribution in [-0.2, 0) is 11.8 Å². The van der Waals surface area contributed by atoms with Crippen molar-refractivity contribution in [1.82, 2.24) is 10.2 Å². The number of aromatic nitrogens is 2. The summed E-state index contributed by atoms with van der Waals surface area (Å²) in [5.41, 5.74) is 1.90. The van der Waals surface area contributed by atoms with E-state index in [9.17, 15) is 0 Å². The van der Waals surface area contributed by atoms with E-state index in [1.54, 1.807) is 7.11 Å². The molecule has 0 saturated heterocycles. The van der Waals surface area contributed by atoms with Gasteiger partial charge in [-0.3, -0.25) is 0 Å². The third-order valence-corrected chi connectivity index (χ3v) is 2.15. The highest BCUT2D eigenvalue weighted by Gasteiger charge is 2.18. The van der Waals surface area contributed by atoms with Crippen LogP contribution in [0.2, 0.25) is 0 Å². The maximum Gasteiger partial charge on any atom is 0.144 e. The van der Waals surface area contributed by atoms with Crippen LogP contribution >= 0.6 is 0 Å². The van der Waals surface area contributed by atoms with Gasteiger partial charge in [-0.05, 0) is 6.42 Å². The van der Waals surface area contributed by atoms with E-state index >= 15 is 0 Å². The molecule has 1 rings (SSSR count). The molecule has 1 heterocycles. The fraction of sp³-hybridized carbons (Fsp3) is 0.636. The average molecular weight is 194 g/mol. The van der Waals surface area contributed by atoms with Crippen molar-refractivity contribution < 1.29 is 4.74 Å². The maximum absolute atomic E-state index is 5.27. The van der Waals surface area contributed by atoms with Gasteiger partial charge in [0.25, 0.3) is 0 Å². The van der Waals surface area contributed by atoms with Crippen molar-refractivity contribution >= 4 is 0 Å². The van der Waals surface area contributed by atoms with Gasteiger partial charge in [0.15, 0.2) is 0 Å². The van der Waals surface area contributed by atoms with Crippen molar-refractivity contribution in [2.45, 2.75) is 39.5 Å². The number of hydrogen-bond donors (Lipinski definition) is 0. The zero-order chi connectivity index (χ0) is 10.8. The molecule has 78 valence electrons. The normalized spacial score (nSPS) is 11.5. The zero-order valence-corrected chi connectivity index (χ0v) is 9.59. The van der Waals surface area contributed by atoms with Crippen LogP contribution in [0, 0.1) is 0 Å². The Bertz CT molecular complexity index is 316. The second kappa shape index (κ2) is 3.95.